The lowest BCUT2D eigenvalue weighted by atomic mass is 9.94. The highest BCUT2D eigenvalue weighted by Gasteiger charge is 2.17. The van der Waals surface area contributed by atoms with E-state index >= 15 is 0 Å². The summed E-state index contributed by atoms with van der Waals surface area (Å²) in [5.74, 6) is 1.23. The van der Waals surface area contributed by atoms with E-state index in [-0.39, 0.29) is 24.0 Å². The van der Waals surface area contributed by atoms with Crippen LogP contribution in [0.5, 0.6) is 0 Å². The lowest BCUT2D eigenvalue weighted by Crippen LogP contribution is -2.43. The molecule has 1 heterocycles. The molecule has 6 nitrogen and oxygen atoms in total. The topological polar surface area (TPSA) is 60.0 Å². The maximum absolute atomic E-state index is 12.0. The van der Waals surface area contributed by atoms with Gasteiger partial charge in [-0.2, -0.15) is 0 Å². The summed E-state index contributed by atoms with van der Waals surface area (Å²) in [4.78, 5) is 21.3. The van der Waals surface area contributed by atoms with Crippen molar-refractivity contribution in [2.75, 3.05) is 46.3 Å². The molecule has 28 heavy (non-hydrogen) atoms. The second kappa shape index (κ2) is 15.3. The molecule has 0 radical (unpaired) electrons. The Bertz CT molecular complexity index is 454. The van der Waals surface area contributed by atoms with Gasteiger partial charge in [0.05, 0.1) is 0 Å². The predicted molar refractivity (Wildman–Crippen MR) is 129 cm³/mol. The molecule has 7 heteroatoms. The Morgan fingerprint density at radius 3 is 2.64 bits per heavy atom. The number of nitrogens with zero attached hydrogens (tertiary/aromatic N) is 3. The summed E-state index contributed by atoms with van der Waals surface area (Å²) in [6, 6.07) is 0.756. The van der Waals surface area contributed by atoms with Gasteiger partial charge in [0.15, 0.2) is 5.96 Å². The first-order chi connectivity index (χ1) is 13.2. The number of nitrogens with one attached hydrogen (secondary N) is 2. The van der Waals surface area contributed by atoms with Crippen LogP contribution in [0.15, 0.2) is 4.99 Å². The maximum atomic E-state index is 12.0. The number of likely N-dealkylation sites (N-methyl/N-ethyl adjacent to an activating group) is 1. The van der Waals surface area contributed by atoms with Gasteiger partial charge in [0.2, 0.25) is 5.91 Å². The third-order valence-corrected chi connectivity index (χ3v) is 5.83. The van der Waals surface area contributed by atoms with Crippen LogP contribution in [0.4, 0.5) is 0 Å². The Balaban J connectivity index is 0.00000392. The average molecular weight is 508 g/mol. The van der Waals surface area contributed by atoms with Crippen molar-refractivity contribution < 1.29 is 4.79 Å². The molecule has 0 aromatic carbocycles. The molecule has 1 aliphatic carbocycles. The number of likely N-dealkylation sites (tertiary alicyclic amines) is 1. The zero-order valence-electron chi connectivity index (χ0n) is 18.0. The minimum Gasteiger partial charge on any atom is -0.357 e. The van der Waals surface area contributed by atoms with E-state index in [1.807, 2.05) is 4.90 Å². The fourth-order valence-electron chi connectivity index (χ4n) is 4.12. The van der Waals surface area contributed by atoms with Crippen LogP contribution in [0, 0.1) is 0 Å². The minimum atomic E-state index is 0. The van der Waals surface area contributed by atoms with Crippen LogP contribution in [0.3, 0.4) is 0 Å². The largest absolute Gasteiger partial charge is 0.357 e. The maximum Gasteiger partial charge on any atom is 0.222 e. The van der Waals surface area contributed by atoms with Gasteiger partial charge in [0.25, 0.3) is 0 Å². The zero-order valence-corrected chi connectivity index (χ0v) is 20.4. The van der Waals surface area contributed by atoms with E-state index in [1.54, 1.807) is 0 Å². The number of guanidine groups is 1. The van der Waals surface area contributed by atoms with Gasteiger partial charge in [-0.05, 0) is 46.1 Å². The molecule has 2 aliphatic rings. The molecule has 164 valence electrons. The number of hydrogen-bond acceptors (Lipinski definition) is 3. The zero-order chi connectivity index (χ0) is 19.3. The summed E-state index contributed by atoms with van der Waals surface area (Å²) >= 11 is 0. The monoisotopic (exact) mass is 507 g/mol. The lowest BCUT2D eigenvalue weighted by molar-refractivity contribution is -0.130. The number of carbonyl (C=O) groups excluding carboxylic acids is 1. The molecule has 2 N–H and O–H groups in total. The number of hydrogen-bond donors (Lipinski definition) is 2. The van der Waals surface area contributed by atoms with Crippen LogP contribution in [0.2, 0.25) is 0 Å². The number of aliphatic imine (C=N–C) groups is 1. The minimum absolute atomic E-state index is 0. The third-order valence-electron chi connectivity index (χ3n) is 5.83. The summed E-state index contributed by atoms with van der Waals surface area (Å²) < 4.78 is 0. The Morgan fingerprint density at radius 1 is 1.14 bits per heavy atom. The molecular weight excluding hydrogens is 465 g/mol. The summed E-state index contributed by atoms with van der Waals surface area (Å²) in [6.45, 7) is 7.47. The standard InChI is InChI=1S/C21H41N5O.HI/c1-3-22-21(24-15-18-25(2)19-11-6-4-7-12-19)23-14-10-17-26-16-9-5-8-13-20(26)27;/h19H,3-18H2,1-2H3,(H2,22,23,24);1H. The van der Waals surface area contributed by atoms with Crippen molar-refractivity contribution in [1.29, 1.82) is 0 Å². The fourth-order valence-corrected chi connectivity index (χ4v) is 4.12. The van der Waals surface area contributed by atoms with Gasteiger partial charge >= 0.3 is 0 Å². The van der Waals surface area contributed by atoms with Gasteiger partial charge in [0, 0.05) is 51.7 Å². The molecule has 0 atom stereocenters. The van der Waals surface area contributed by atoms with E-state index in [1.165, 1.54) is 38.5 Å². The number of carbonyl (C=O) groups is 1. The van der Waals surface area contributed by atoms with Crippen LogP contribution in [0.25, 0.3) is 0 Å². The van der Waals surface area contributed by atoms with E-state index in [9.17, 15) is 4.79 Å². The molecule has 0 unspecified atom stereocenters. The molecule has 1 saturated heterocycles. The molecule has 1 amide bonds. The highest BCUT2D eigenvalue weighted by Crippen LogP contribution is 2.21. The van der Waals surface area contributed by atoms with E-state index < -0.39 is 0 Å². The van der Waals surface area contributed by atoms with Crippen LogP contribution >= 0.6 is 24.0 Å². The summed E-state index contributed by atoms with van der Waals surface area (Å²) in [6.07, 6.45) is 11.9. The van der Waals surface area contributed by atoms with Crippen LogP contribution < -0.4 is 10.6 Å². The number of amides is 1. The first kappa shape index (κ1) is 25.5. The van der Waals surface area contributed by atoms with Gasteiger partial charge in [-0.3, -0.25) is 9.79 Å². The summed E-state index contributed by atoms with van der Waals surface area (Å²) in [5.41, 5.74) is 0. The van der Waals surface area contributed by atoms with Gasteiger partial charge < -0.3 is 20.4 Å². The normalized spacial score (nSPS) is 19.3. The van der Waals surface area contributed by atoms with E-state index in [0.717, 1.165) is 77.0 Å². The number of halogens is 1. The lowest BCUT2D eigenvalue weighted by Gasteiger charge is -2.31. The number of rotatable bonds is 9. The Hall–Kier alpha value is -0.570. The van der Waals surface area contributed by atoms with Gasteiger partial charge in [-0.25, -0.2) is 0 Å². The highest BCUT2D eigenvalue weighted by atomic mass is 127. The van der Waals surface area contributed by atoms with Crippen molar-refractivity contribution in [3.8, 4) is 0 Å². The van der Waals surface area contributed by atoms with E-state index in [4.69, 9.17) is 4.99 Å². The second-order valence-corrected chi connectivity index (χ2v) is 8.00. The molecule has 0 spiro atoms. The Labute approximate surface area is 189 Å². The van der Waals surface area contributed by atoms with E-state index in [2.05, 4.69) is 29.5 Å². The predicted octanol–water partition coefficient (Wildman–Crippen LogP) is 3.22. The molecule has 0 aromatic heterocycles. The highest BCUT2D eigenvalue weighted by molar-refractivity contribution is 14.0. The molecule has 0 aromatic rings. The Morgan fingerprint density at radius 2 is 1.89 bits per heavy atom. The first-order valence-electron chi connectivity index (χ1n) is 11.2. The van der Waals surface area contributed by atoms with Crippen molar-refractivity contribution in [1.82, 2.24) is 20.4 Å². The third kappa shape index (κ3) is 9.76. The van der Waals surface area contributed by atoms with Crippen molar-refractivity contribution in [2.45, 2.75) is 77.2 Å². The van der Waals surface area contributed by atoms with Crippen LogP contribution in [-0.4, -0.2) is 74.0 Å². The van der Waals surface area contributed by atoms with Gasteiger partial charge in [-0.1, -0.05) is 25.7 Å². The van der Waals surface area contributed by atoms with E-state index in [0.29, 0.717) is 5.91 Å². The van der Waals surface area contributed by atoms with Gasteiger partial charge in [-0.15, -0.1) is 24.0 Å². The quantitative estimate of drug-likeness (QED) is 0.218. The first-order valence-corrected chi connectivity index (χ1v) is 11.2. The van der Waals surface area contributed by atoms with Crippen molar-refractivity contribution >= 4 is 35.8 Å². The fraction of sp³-hybridized carbons (Fsp3) is 0.905. The molecule has 2 rings (SSSR count). The molecule has 1 aliphatic heterocycles. The van der Waals surface area contributed by atoms with Gasteiger partial charge in [0.1, 0.15) is 0 Å². The van der Waals surface area contributed by atoms with Crippen molar-refractivity contribution in [2.24, 2.45) is 4.99 Å². The summed E-state index contributed by atoms with van der Waals surface area (Å²) in [5, 5.41) is 6.80. The second-order valence-electron chi connectivity index (χ2n) is 8.00. The molecule has 2 fully saturated rings. The van der Waals surface area contributed by atoms with Crippen LogP contribution in [-0.2, 0) is 4.79 Å². The van der Waals surface area contributed by atoms with Crippen molar-refractivity contribution in [3.05, 3.63) is 0 Å². The molecule has 1 saturated carbocycles. The average Bonchev–Trinajstić information content (AvgIpc) is 2.90. The SMILES string of the molecule is CCNC(=NCCCN1CCCCCC1=O)NCCN(C)C1CCCCC1.I. The smallest absolute Gasteiger partial charge is 0.222 e. The van der Waals surface area contributed by atoms with Crippen molar-refractivity contribution in [3.63, 3.8) is 0 Å². The molecular formula is C21H42IN5O. The van der Waals surface area contributed by atoms with Crippen LogP contribution in [0.1, 0.15) is 71.1 Å². The molecule has 0 bridgehead atoms. The Kier molecular flexibility index (Phi) is 13.9. The summed E-state index contributed by atoms with van der Waals surface area (Å²) in [7, 11) is 2.25.